The van der Waals surface area contributed by atoms with Crippen LogP contribution in [0.2, 0.25) is 0 Å². The first-order valence-corrected chi connectivity index (χ1v) is 9.46. The van der Waals surface area contributed by atoms with Gasteiger partial charge in [0.25, 0.3) is 0 Å². The van der Waals surface area contributed by atoms with Gasteiger partial charge >= 0.3 is 6.03 Å². The van der Waals surface area contributed by atoms with Gasteiger partial charge in [-0.15, -0.1) is 0 Å². The van der Waals surface area contributed by atoms with Gasteiger partial charge in [-0.3, -0.25) is 0 Å². The first-order chi connectivity index (χ1) is 13.6. The number of fused-ring (bicyclic) bond motifs is 2. The van der Waals surface area contributed by atoms with E-state index in [9.17, 15) is 4.79 Å². The van der Waals surface area contributed by atoms with Crippen LogP contribution in [0.1, 0.15) is 37.1 Å². The topological polar surface area (TPSA) is 78.1 Å². The molecule has 2 aromatic rings. The summed E-state index contributed by atoms with van der Waals surface area (Å²) < 4.78 is 22.3. The monoisotopic (exact) mass is 384 g/mol. The van der Waals surface area contributed by atoms with Crippen LogP contribution in [0.25, 0.3) is 0 Å². The van der Waals surface area contributed by atoms with Gasteiger partial charge in [-0.1, -0.05) is 12.1 Å². The molecule has 2 aliphatic heterocycles. The molecule has 2 N–H and O–H groups in total. The molecule has 4 rings (SSSR count). The lowest BCUT2D eigenvalue weighted by Crippen LogP contribution is -2.38. The van der Waals surface area contributed by atoms with Crippen LogP contribution in [0.3, 0.4) is 0 Å². The van der Waals surface area contributed by atoms with E-state index in [2.05, 4.69) is 10.6 Å². The van der Waals surface area contributed by atoms with E-state index in [1.54, 1.807) is 0 Å². The quantitative estimate of drug-likeness (QED) is 0.845. The summed E-state index contributed by atoms with van der Waals surface area (Å²) in [6.45, 7) is 6.04. The summed E-state index contributed by atoms with van der Waals surface area (Å²) >= 11 is 0. The number of benzene rings is 2. The van der Waals surface area contributed by atoms with Crippen LogP contribution in [-0.2, 0) is 0 Å². The van der Waals surface area contributed by atoms with Gasteiger partial charge < -0.3 is 29.6 Å². The fourth-order valence-corrected chi connectivity index (χ4v) is 3.26. The van der Waals surface area contributed by atoms with Crippen molar-refractivity contribution in [1.82, 2.24) is 10.6 Å². The maximum absolute atomic E-state index is 12.5. The highest BCUT2D eigenvalue weighted by Gasteiger charge is 2.18. The van der Waals surface area contributed by atoms with E-state index in [-0.39, 0.29) is 18.1 Å². The zero-order valence-electron chi connectivity index (χ0n) is 16.0. The molecule has 2 unspecified atom stereocenters. The number of urea groups is 1. The summed E-state index contributed by atoms with van der Waals surface area (Å²) in [6.07, 6.45) is 0. The Morgan fingerprint density at radius 2 is 1.11 bits per heavy atom. The highest BCUT2D eigenvalue weighted by atomic mass is 16.6. The molecule has 2 aliphatic rings. The van der Waals surface area contributed by atoms with E-state index >= 15 is 0 Å². The minimum Gasteiger partial charge on any atom is -0.486 e. The molecule has 2 amide bonds. The van der Waals surface area contributed by atoms with Crippen LogP contribution >= 0.6 is 0 Å². The van der Waals surface area contributed by atoms with E-state index in [0.717, 1.165) is 22.6 Å². The predicted octanol–water partition coefficient (Wildman–Crippen LogP) is 3.35. The molecule has 2 atom stereocenters. The predicted molar refractivity (Wildman–Crippen MR) is 103 cm³/mol. The number of rotatable bonds is 4. The van der Waals surface area contributed by atoms with Gasteiger partial charge in [0, 0.05) is 0 Å². The average molecular weight is 384 g/mol. The van der Waals surface area contributed by atoms with E-state index in [1.165, 1.54) is 0 Å². The van der Waals surface area contributed by atoms with Gasteiger partial charge in [-0.2, -0.15) is 0 Å². The third kappa shape index (κ3) is 3.93. The van der Waals surface area contributed by atoms with Crippen molar-refractivity contribution in [2.45, 2.75) is 25.9 Å². The second-order valence-electron chi connectivity index (χ2n) is 6.87. The lowest BCUT2D eigenvalue weighted by atomic mass is 10.1. The third-order valence-electron chi connectivity index (χ3n) is 4.83. The first kappa shape index (κ1) is 18.3. The fraction of sp³-hybridized carbons (Fsp3) is 0.381. The van der Waals surface area contributed by atoms with Crippen molar-refractivity contribution >= 4 is 6.03 Å². The molecule has 148 valence electrons. The molecule has 0 bridgehead atoms. The SMILES string of the molecule is CC(NC(=O)NC(C)c1ccc2c(c1)OCCO2)c1ccc2c(c1)OCCO2. The summed E-state index contributed by atoms with van der Waals surface area (Å²) in [5.41, 5.74) is 1.90. The highest BCUT2D eigenvalue weighted by Crippen LogP contribution is 2.33. The third-order valence-corrected chi connectivity index (χ3v) is 4.83. The number of carbonyl (C=O) groups excluding carboxylic acids is 1. The van der Waals surface area contributed by atoms with Crippen LogP contribution in [0.4, 0.5) is 4.79 Å². The summed E-state index contributed by atoms with van der Waals surface area (Å²) in [5, 5.41) is 5.93. The minimum absolute atomic E-state index is 0.178. The van der Waals surface area contributed by atoms with E-state index in [0.29, 0.717) is 37.9 Å². The Kier molecular flexibility index (Phi) is 5.14. The van der Waals surface area contributed by atoms with Crippen LogP contribution in [0.15, 0.2) is 36.4 Å². The molecule has 0 aliphatic carbocycles. The largest absolute Gasteiger partial charge is 0.486 e. The Labute approximate surface area is 163 Å². The average Bonchev–Trinajstić information content (AvgIpc) is 2.72. The second kappa shape index (κ2) is 7.88. The van der Waals surface area contributed by atoms with Gasteiger partial charge in [-0.05, 0) is 49.2 Å². The number of carbonyl (C=O) groups is 1. The van der Waals surface area contributed by atoms with Crippen LogP contribution in [0, 0.1) is 0 Å². The maximum Gasteiger partial charge on any atom is 0.315 e. The summed E-state index contributed by atoms with van der Waals surface area (Å²) in [5.74, 6) is 2.89. The minimum atomic E-state index is -0.246. The second-order valence-corrected chi connectivity index (χ2v) is 6.87. The van der Waals surface area contributed by atoms with Gasteiger partial charge in [0.05, 0.1) is 12.1 Å². The lowest BCUT2D eigenvalue weighted by molar-refractivity contribution is 0.171. The molecular weight excluding hydrogens is 360 g/mol. The molecule has 0 aromatic heterocycles. The van der Waals surface area contributed by atoms with Crippen molar-refractivity contribution in [3.05, 3.63) is 47.5 Å². The molecule has 7 nitrogen and oxygen atoms in total. The van der Waals surface area contributed by atoms with Gasteiger partial charge in [0.15, 0.2) is 23.0 Å². The van der Waals surface area contributed by atoms with Crippen LogP contribution in [0.5, 0.6) is 23.0 Å². The Bertz CT molecular complexity index is 800. The van der Waals surface area contributed by atoms with Crippen LogP contribution < -0.4 is 29.6 Å². The van der Waals surface area contributed by atoms with Gasteiger partial charge in [-0.25, -0.2) is 4.79 Å². The zero-order valence-corrected chi connectivity index (χ0v) is 16.0. The molecule has 2 aromatic carbocycles. The zero-order chi connectivity index (χ0) is 19.5. The molecule has 0 radical (unpaired) electrons. The Hall–Kier alpha value is -3.09. The number of hydrogen-bond donors (Lipinski definition) is 2. The molecule has 0 saturated carbocycles. The Morgan fingerprint density at radius 3 is 1.54 bits per heavy atom. The Morgan fingerprint density at radius 1 is 0.714 bits per heavy atom. The summed E-state index contributed by atoms with van der Waals surface area (Å²) in [4.78, 5) is 12.5. The van der Waals surface area contributed by atoms with Crippen molar-refractivity contribution in [3.63, 3.8) is 0 Å². The maximum atomic E-state index is 12.5. The summed E-state index contributed by atoms with van der Waals surface area (Å²) in [7, 11) is 0. The number of amides is 2. The normalized spacial score (nSPS) is 16.6. The lowest BCUT2D eigenvalue weighted by Gasteiger charge is -2.23. The first-order valence-electron chi connectivity index (χ1n) is 9.46. The van der Waals surface area contributed by atoms with E-state index in [1.807, 2.05) is 50.2 Å². The smallest absolute Gasteiger partial charge is 0.315 e. The summed E-state index contributed by atoms with van der Waals surface area (Å²) in [6, 6.07) is 10.8. The molecule has 0 spiro atoms. The standard InChI is InChI=1S/C21H24N2O5/c1-13(15-3-5-17-19(11-15)27-9-7-25-17)22-21(24)23-14(2)16-4-6-18-20(12-16)28-10-8-26-18/h3-6,11-14H,7-10H2,1-2H3,(H2,22,23,24). The number of hydrogen-bond acceptors (Lipinski definition) is 5. The number of nitrogens with one attached hydrogen (secondary N) is 2. The van der Waals surface area contributed by atoms with Crippen LogP contribution in [-0.4, -0.2) is 32.5 Å². The fourth-order valence-electron chi connectivity index (χ4n) is 3.26. The molecule has 7 heteroatoms. The van der Waals surface area contributed by atoms with Crippen molar-refractivity contribution in [1.29, 1.82) is 0 Å². The molecule has 0 saturated heterocycles. The van der Waals surface area contributed by atoms with E-state index < -0.39 is 0 Å². The van der Waals surface area contributed by atoms with Crippen molar-refractivity contribution in [3.8, 4) is 23.0 Å². The molecular formula is C21H24N2O5. The Balaban J connectivity index is 1.37. The number of ether oxygens (including phenoxy) is 4. The molecule has 28 heavy (non-hydrogen) atoms. The van der Waals surface area contributed by atoms with Gasteiger partial charge in [0.2, 0.25) is 0 Å². The van der Waals surface area contributed by atoms with Gasteiger partial charge in [0.1, 0.15) is 26.4 Å². The van der Waals surface area contributed by atoms with Crippen molar-refractivity contribution in [2.75, 3.05) is 26.4 Å². The van der Waals surface area contributed by atoms with E-state index in [4.69, 9.17) is 18.9 Å². The van der Waals surface area contributed by atoms with Crippen molar-refractivity contribution in [2.24, 2.45) is 0 Å². The molecule has 0 fully saturated rings. The molecule has 2 heterocycles. The highest BCUT2D eigenvalue weighted by molar-refractivity contribution is 5.75. The van der Waals surface area contributed by atoms with Crippen molar-refractivity contribution < 1.29 is 23.7 Å².